The number of benzene rings is 1. The Hall–Kier alpha value is -2.46. The molecule has 3 aromatic rings. The van der Waals surface area contributed by atoms with E-state index in [-0.39, 0.29) is 35.3 Å². The zero-order chi connectivity index (χ0) is 22.7. The van der Waals surface area contributed by atoms with Crippen molar-refractivity contribution in [2.24, 2.45) is 0 Å². The standard InChI is InChI=1S/C22H24BrFN4O3S/c1-3-30-16-11-18(23)28-21(31-4-2)19(16)20(29)25-13-6-5-7-14(13)26-22-27-15-9-8-12(24)10-17(15)32-22/h8-11,13-14H,3-7H2,1-2H3,(H,25,29)(H,26,27)/t13?,14-/m0/s1. The van der Waals surface area contributed by atoms with Crippen molar-refractivity contribution in [2.45, 2.75) is 45.2 Å². The van der Waals surface area contributed by atoms with Crippen LogP contribution in [-0.2, 0) is 0 Å². The van der Waals surface area contributed by atoms with Gasteiger partial charge in [-0.1, -0.05) is 11.3 Å². The lowest BCUT2D eigenvalue weighted by Gasteiger charge is -2.23. The number of hydrogen-bond donors (Lipinski definition) is 2. The highest BCUT2D eigenvalue weighted by atomic mass is 79.9. The molecule has 170 valence electrons. The second-order valence-electron chi connectivity index (χ2n) is 7.38. The summed E-state index contributed by atoms with van der Waals surface area (Å²) in [5, 5.41) is 7.27. The fourth-order valence-electron chi connectivity index (χ4n) is 3.86. The highest BCUT2D eigenvalue weighted by molar-refractivity contribution is 9.10. The molecule has 1 aliphatic carbocycles. The molecule has 2 atom stereocenters. The van der Waals surface area contributed by atoms with E-state index < -0.39 is 0 Å². The molecule has 7 nitrogen and oxygen atoms in total. The van der Waals surface area contributed by atoms with Crippen LogP contribution in [0.25, 0.3) is 10.2 Å². The van der Waals surface area contributed by atoms with Gasteiger partial charge < -0.3 is 20.1 Å². The first-order valence-corrected chi connectivity index (χ1v) is 12.2. The Labute approximate surface area is 197 Å². The molecule has 0 saturated heterocycles. The van der Waals surface area contributed by atoms with Gasteiger partial charge in [0.15, 0.2) is 5.13 Å². The molecule has 0 spiro atoms. The molecule has 2 N–H and O–H groups in total. The molecule has 1 amide bonds. The summed E-state index contributed by atoms with van der Waals surface area (Å²) < 4.78 is 26.1. The van der Waals surface area contributed by atoms with Crippen LogP contribution in [0.15, 0.2) is 28.9 Å². The average molecular weight is 523 g/mol. The first kappa shape index (κ1) is 22.7. The van der Waals surface area contributed by atoms with E-state index >= 15 is 0 Å². The molecule has 0 radical (unpaired) electrons. The summed E-state index contributed by atoms with van der Waals surface area (Å²) in [5.41, 5.74) is 1.04. The minimum Gasteiger partial charge on any atom is -0.493 e. The van der Waals surface area contributed by atoms with Gasteiger partial charge in [-0.15, -0.1) is 0 Å². The number of nitrogens with one attached hydrogen (secondary N) is 2. The lowest BCUT2D eigenvalue weighted by Crippen LogP contribution is -2.43. The maximum Gasteiger partial charge on any atom is 0.260 e. The summed E-state index contributed by atoms with van der Waals surface area (Å²) in [6.07, 6.45) is 2.70. The largest absolute Gasteiger partial charge is 0.493 e. The number of thiazole rings is 1. The van der Waals surface area contributed by atoms with Crippen LogP contribution in [0.2, 0.25) is 0 Å². The van der Waals surface area contributed by atoms with Gasteiger partial charge in [0.1, 0.15) is 21.7 Å². The number of halogens is 2. The van der Waals surface area contributed by atoms with Crippen LogP contribution in [0.5, 0.6) is 11.6 Å². The molecule has 1 fully saturated rings. The molecular weight excluding hydrogens is 499 g/mol. The van der Waals surface area contributed by atoms with Crippen LogP contribution in [0, 0.1) is 5.82 Å². The number of aromatic nitrogens is 2. The predicted octanol–water partition coefficient (Wildman–Crippen LogP) is 5.15. The van der Waals surface area contributed by atoms with Crippen molar-refractivity contribution in [1.82, 2.24) is 15.3 Å². The van der Waals surface area contributed by atoms with E-state index in [9.17, 15) is 9.18 Å². The van der Waals surface area contributed by atoms with Gasteiger partial charge in [-0.25, -0.2) is 14.4 Å². The van der Waals surface area contributed by atoms with Crippen LogP contribution in [-0.4, -0.2) is 41.2 Å². The first-order valence-electron chi connectivity index (χ1n) is 10.6. The average Bonchev–Trinajstić information content (AvgIpc) is 3.34. The molecule has 0 aliphatic heterocycles. The van der Waals surface area contributed by atoms with Gasteiger partial charge in [0.25, 0.3) is 5.91 Å². The zero-order valence-corrected chi connectivity index (χ0v) is 20.2. The van der Waals surface area contributed by atoms with Crippen LogP contribution in [0.4, 0.5) is 9.52 Å². The number of anilines is 1. The maximum atomic E-state index is 13.5. The monoisotopic (exact) mass is 522 g/mol. The van der Waals surface area contributed by atoms with E-state index in [1.807, 2.05) is 13.8 Å². The molecule has 1 unspecified atom stereocenters. The zero-order valence-electron chi connectivity index (χ0n) is 17.8. The van der Waals surface area contributed by atoms with Crippen LogP contribution < -0.4 is 20.1 Å². The number of amides is 1. The van der Waals surface area contributed by atoms with Crippen molar-refractivity contribution >= 4 is 48.5 Å². The van der Waals surface area contributed by atoms with Crippen molar-refractivity contribution in [3.63, 3.8) is 0 Å². The third-order valence-corrected chi connectivity index (χ3v) is 6.57. The molecule has 1 saturated carbocycles. The third-order valence-electron chi connectivity index (χ3n) is 5.22. The maximum absolute atomic E-state index is 13.5. The number of nitrogens with zero attached hydrogens (tertiary/aromatic N) is 2. The molecular formula is C22H24BrFN4O3S. The van der Waals surface area contributed by atoms with E-state index in [1.54, 1.807) is 12.1 Å². The highest BCUT2D eigenvalue weighted by Crippen LogP contribution is 2.33. The summed E-state index contributed by atoms with van der Waals surface area (Å²) in [5.74, 6) is 0.0866. The minimum atomic E-state index is -0.290. The summed E-state index contributed by atoms with van der Waals surface area (Å²) in [7, 11) is 0. The Kier molecular flexibility index (Phi) is 7.10. The summed E-state index contributed by atoms with van der Waals surface area (Å²) in [6.45, 7) is 4.48. The van der Waals surface area contributed by atoms with E-state index in [0.717, 1.165) is 29.5 Å². The van der Waals surface area contributed by atoms with Crippen LogP contribution in [0.3, 0.4) is 0 Å². The van der Waals surface area contributed by atoms with Gasteiger partial charge in [-0.05, 0) is 67.2 Å². The van der Waals surface area contributed by atoms with Crippen molar-refractivity contribution in [3.8, 4) is 11.6 Å². The van der Waals surface area contributed by atoms with Crippen molar-refractivity contribution in [1.29, 1.82) is 0 Å². The Balaban J connectivity index is 1.53. The number of carbonyl (C=O) groups excluding carboxylic acids is 1. The Morgan fingerprint density at radius 3 is 2.75 bits per heavy atom. The SMILES string of the molecule is CCOc1cc(Br)nc(OCC)c1C(=O)NC1CCC[C@@H]1Nc1nc2ccc(F)cc2s1. The minimum absolute atomic E-state index is 0.0128. The van der Waals surface area contributed by atoms with Crippen LogP contribution in [0.1, 0.15) is 43.5 Å². The number of carbonyl (C=O) groups is 1. The normalized spacial score (nSPS) is 18.0. The van der Waals surface area contributed by atoms with E-state index in [1.165, 1.54) is 23.5 Å². The van der Waals surface area contributed by atoms with Gasteiger partial charge in [-0.3, -0.25) is 4.79 Å². The predicted molar refractivity (Wildman–Crippen MR) is 126 cm³/mol. The molecule has 2 aromatic heterocycles. The number of pyridine rings is 1. The fraction of sp³-hybridized carbons (Fsp3) is 0.409. The quantitative estimate of drug-likeness (QED) is 0.397. The molecule has 1 aromatic carbocycles. The number of ether oxygens (including phenoxy) is 2. The summed E-state index contributed by atoms with van der Waals surface area (Å²) in [6, 6.07) is 6.15. The lowest BCUT2D eigenvalue weighted by atomic mass is 10.1. The van der Waals surface area contributed by atoms with Gasteiger partial charge in [0.05, 0.1) is 23.4 Å². The van der Waals surface area contributed by atoms with Crippen LogP contribution >= 0.6 is 27.3 Å². The second kappa shape index (κ2) is 9.99. The van der Waals surface area contributed by atoms with Gasteiger partial charge in [0, 0.05) is 18.2 Å². The topological polar surface area (TPSA) is 85.4 Å². The Morgan fingerprint density at radius 1 is 1.19 bits per heavy atom. The number of rotatable bonds is 8. The van der Waals surface area contributed by atoms with Crippen molar-refractivity contribution < 1.29 is 18.7 Å². The number of fused-ring (bicyclic) bond motifs is 1. The van der Waals surface area contributed by atoms with E-state index in [4.69, 9.17) is 9.47 Å². The van der Waals surface area contributed by atoms with Crippen molar-refractivity contribution in [3.05, 3.63) is 40.2 Å². The summed E-state index contributed by atoms with van der Waals surface area (Å²) >= 11 is 4.75. The summed E-state index contributed by atoms with van der Waals surface area (Å²) in [4.78, 5) is 22.1. The molecule has 10 heteroatoms. The highest BCUT2D eigenvalue weighted by Gasteiger charge is 2.32. The Morgan fingerprint density at radius 2 is 1.97 bits per heavy atom. The fourth-order valence-corrected chi connectivity index (χ4v) is 5.18. The lowest BCUT2D eigenvalue weighted by molar-refractivity contribution is 0.0926. The first-order chi connectivity index (χ1) is 15.5. The van der Waals surface area contributed by atoms with Crippen molar-refractivity contribution in [2.75, 3.05) is 18.5 Å². The van der Waals surface area contributed by atoms with Gasteiger partial charge in [-0.2, -0.15) is 0 Å². The Bertz CT molecular complexity index is 1100. The molecule has 2 heterocycles. The number of hydrogen-bond acceptors (Lipinski definition) is 7. The molecule has 1 aliphatic rings. The molecule has 32 heavy (non-hydrogen) atoms. The third kappa shape index (κ3) is 4.96. The van der Waals surface area contributed by atoms with E-state index in [0.29, 0.717) is 28.7 Å². The smallest absolute Gasteiger partial charge is 0.260 e. The molecule has 0 bridgehead atoms. The second-order valence-corrected chi connectivity index (χ2v) is 9.23. The van der Waals surface area contributed by atoms with Gasteiger partial charge in [0.2, 0.25) is 5.88 Å². The van der Waals surface area contributed by atoms with Gasteiger partial charge >= 0.3 is 0 Å². The van der Waals surface area contributed by atoms with E-state index in [2.05, 4.69) is 36.5 Å². The molecule has 4 rings (SSSR count).